The van der Waals surface area contributed by atoms with Crippen molar-refractivity contribution in [3.05, 3.63) is 35.9 Å². The smallest absolute Gasteiger partial charge is 0.244 e. The number of rotatable bonds is 5. The molecule has 1 aromatic rings. The molecule has 138 valence electrons. The highest BCUT2D eigenvalue weighted by Gasteiger charge is 2.35. The van der Waals surface area contributed by atoms with Gasteiger partial charge in [-0.05, 0) is 38.4 Å². The van der Waals surface area contributed by atoms with Gasteiger partial charge < -0.3 is 10.0 Å². The van der Waals surface area contributed by atoms with Crippen LogP contribution in [-0.4, -0.2) is 77.6 Å². The lowest BCUT2D eigenvalue weighted by Crippen LogP contribution is -2.55. The van der Waals surface area contributed by atoms with E-state index in [0.717, 1.165) is 57.5 Å². The van der Waals surface area contributed by atoms with Gasteiger partial charge in [0.25, 0.3) is 0 Å². The SMILES string of the molecule is CCN(C)[C@H](C(=O)N1CCN([C@H]2CCC[C@H]2O)CC1)c1ccccc1. The van der Waals surface area contributed by atoms with E-state index in [1.165, 1.54) is 0 Å². The molecule has 3 atom stereocenters. The van der Waals surface area contributed by atoms with Gasteiger partial charge in [0, 0.05) is 32.2 Å². The maximum atomic E-state index is 13.2. The molecule has 25 heavy (non-hydrogen) atoms. The number of amides is 1. The molecule has 5 nitrogen and oxygen atoms in total. The zero-order valence-corrected chi connectivity index (χ0v) is 15.5. The third-order valence-corrected chi connectivity index (χ3v) is 5.83. The molecule has 1 N–H and O–H groups in total. The molecule has 2 aliphatic rings. The van der Waals surface area contributed by atoms with Crippen LogP contribution in [0.2, 0.25) is 0 Å². The maximum absolute atomic E-state index is 13.2. The Balaban J connectivity index is 1.65. The van der Waals surface area contributed by atoms with E-state index in [9.17, 15) is 9.90 Å². The fourth-order valence-electron chi connectivity index (χ4n) is 4.20. The zero-order valence-electron chi connectivity index (χ0n) is 15.5. The largest absolute Gasteiger partial charge is 0.391 e. The Morgan fingerprint density at radius 3 is 2.44 bits per heavy atom. The molecule has 3 rings (SSSR count). The molecule has 1 saturated heterocycles. The van der Waals surface area contributed by atoms with E-state index in [2.05, 4.69) is 16.7 Å². The number of hydrogen-bond donors (Lipinski definition) is 1. The van der Waals surface area contributed by atoms with Crippen molar-refractivity contribution in [3.8, 4) is 0 Å². The number of carbonyl (C=O) groups excluding carboxylic acids is 1. The molecule has 1 aromatic carbocycles. The standard InChI is InChI=1S/C20H31N3O2/c1-3-21(2)19(16-8-5-4-6-9-16)20(25)23-14-12-22(13-15-23)17-10-7-11-18(17)24/h4-6,8-9,17-19,24H,3,7,10-15H2,1-2H3/t17-,18+,19-/m0/s1. The van der Waals surface area contributed by atoms with Gasteiger partial charge in [-0.25, -0.2) is 0 Å². The van der Waals surface area contributed by atoms with Crippen LogP contribution in [-0.2, 0) is 4.79 Å². The second-order valence-corrected chi connectivity index (χ2v) is 7.31. The van der Waals surface area contributed by atoms with Crippen LogP contribution in [0.5, 0.6) is 0 Å². The van der Waals surface area contributed by atoms with Crippen molar-refractivity contribution in [2.45, 2.75) is 44.4 Å². The van der Waals surface area contributed by atoms with Crippen LogP contribution in [0.25, 0.3) is 0 Å². The number of likely N-dealkylation sites (N-methyl/N-ethyl adjacent to an activating group) is 1. The summed E-state index contributed by atoms with van der Waals surface area (Å²) in [5, 5.41) is 10.1. The molecule has 1 saturated carbocycles. The molecular formula is C20H31N3O2. The van der Waals surface area contributed by atoms with Gasteiger partial charge in [0.05, 0.1) is 6.10 Å². The molecule has 0 spiro atoms. The molecule has 1 aliphatic heterocycles. The van der Waals surface area contributed by atoms with Crippen LogP contribution >= 0.6 is 0 Å². The second kappa shape index (κ2) is 8.30. The quantitative estimate of drug-likeness (QED) is 0.883. The van der Waals surface area contributed by atoms with E-state index in [-0.39, 0.29) is 18.1 Å². The normalized spacial score (nSPS) is 26.2. The third-order valence-electron chi connectivity index (χ3n) is 5.83. The summed E-state index contributed by atoms with van der Waals surface area (Å²) in [6.07, 6.45) is 2.93. The summed E-state index contributed by atoms with van der Waals surface area (Å²) in [5.74, 6) is 0.196. The number of aliphatic hydroxyl groups is 1. The van der Waals surface area contributed by atoms with Gasteiger partial charge in [-0.2, -0.15) is 0 Å². The summed E-state index contributed by atoms with van der Waals surface area (Å²) in [6, 6.07) is 10.1. The van der Waals surface area contributed by atoms with Crippen molar-refractivity contribution in [1.82, 2.24) is 14.7 Å². The van der Waals surface area contributed by atoms with Gasteiger partial charge in [0.2, 0.25) is 5.91 Å². The first-order valence-electron chi connectivity index (χ1n) is 9.58. The van der Waals surface area contributed by atoms with Crippen LogP contribution in [0.15, 0.2) is 30.3 Å². The number of carbonyl (C=O) groups is 1. The summed E-state index contributed by atoms with van der Waals surface area (Å²) in [7, 11) is 2.01. The molecule has 0 radical (unpaired) electrons. The van der Waals surface area contributed by atoms with Crippen LogP contribution in [0.4, 0.5) is 0 Å². The fourth-order valence-corrected chi connectivity index (χ4v) is 4.20. The first kappa shape index (κ1) is 18.4. The van der Waals surface area contributed by atoms with E-state index in [4.69, 9.17) is 0 Å². The Kier molecular flexibility index (Phi) is 6.10. The van der Waals surface area contributed by atoms with Crippen molar-refractivity contribution in [3.63, 3.8) is 0 Å². The summed E-state index contributed by atoms with van der Waals surface area (Å²) < 4.78 is 0. The van der Waals surface area contributed by atoms with Gasteiger partial charge in [-0.3, -0.25) is 14.6 Å². The van der Waals surface area contributed by atoms with Crippen molar-refractivity contribution < 1.29 is 9.90 Å². The average Bonchev–Trinajstić information content (AvgIpc) is 3.08. The van der Waals surface area contributed by atoms with Crippen LogP contribution in [0.3, 0.4) is 0 Å². The van der Waals surface area contributed by atoms with Crippen molar-refractivity contribution in [2.24, 2.45) is 0 Å². The minimum absolute atomic E-state index is 0.189. The highest BCUT2D eigenvalue weighted by Crippen LogP contribution is 2.27. The lowest BCUT2D eigenvalue weighted by Gasteiger charge is -2.41. The Morgan fingerprint density at radius 1 is 1.20 bits per heavy atom. The van der Waals surface area contributed by atoms with Gasteiger partial charge in [0.1, 0.15) is 6.04 Å². The summed E-state index contributed by atoms with van der Waals surface area (Å²) in [4.78, 5) is 19.7. The predicted molar refractivity (Wildman–Crippen MR) is 99.3 cm³/mol. The highest BCUT2D eigenvalue weighted by molar-refractivity contribution is 5.83. The minimum atomic E-state index is -0.213. The Morgan fingerprint density at radius 2 is 1.88 bits per heavy atom. The number of aliphatic hydroxyl groups excluding tert-OH is 1. The molecule has 0 aromatic heterocycles. The van der Waals surface area contributed by atoms with Gasteiger partial charge in [-0.1, -0.05) is 37.3 Å². The van der Waals surface area contributed by atoms with Gasteiger partial charge in [-0.15, -0.1) is 0 Å². The van der Waals surface area contributed by atoms with E-state index < -0.39 is 0 Å². The van der Waals surface area contributed by atoms with E-state index in [0.29, 0.717) is 6.04 Å². The van der Waals surface area contributed by atoms with Crippen LogP contribution in [0.1, 0.15) is 37.8 Å². The minimum Gasteiger partial charge on any atom is -0.391 e. The van der Waals surface area contributed by atoms with Crippen LogP contribution < -0.4 is 0 Å². The first-order valence-corrected chi connectivity index (χ1v) is 9.58. The van der Waals surface area contributed by atoms with Gasteiger partial charge in [0.15, 0.2) is 0 Å². The molecule has 1 aliphatic carbocycles. The Hall–Kier alpha value is -1.43. The fraction of sp³-hybridized carbons (Fsp3) is 0.650. The van der Waals surface area contributed by atoms with E-state index >= 15 is 0 Å². The molecule has 0 unspecified atom stereocenters. The Bertz CT molecular complexity index is 557. The molecule has 1 heterocycles. The molecule has 5 heteroatoms. The first-order chi connectivity index (χ1) is 12.1. The molecule has 1 amide bonds. The number of piperazine rings is 1. The summed E-state index contributed by atoms with van der Waals surface area (Å²) >= 11 is 0. The summed E-state index contributed by atoms with van der Waals surface area (Å²) in [6.45, 7) is 6.16. The van der Waals surface area contributed by atoms with Gasteiger partial charge >= 0.3 is 0 Å². The van der Waals surface area contributed by atoms with E-state index in [1.807, 2.05) is 42.3 Å². The number of hydrogen-bond acceptors (Lipinski definition) is 4. The predicted octanol–water partition coefficient (Wildman–Crippen LogP) is 1.74. The lowest BCUT2D eigenvalue weighted by molar-refractivity contribution is -0.139. The average molecular weight is 345 g/mol. The topological polar surface area (TPSA) is 47.0 Å². The third kappa shape index (κ3) is 4.05. The molecule has 2 fully saturated rings. The van der Waals surface area contributed by atoms with Crippen molar-refractivity contribution in [2.75, 3.05) is 39.8 Å². The van der Waals surface area contributed by atoms with Crippen molar-refractivity contribution in [1.29, 1.82) is 0 Å². The maximum Gasteiger partial charge on any atom is 0.244 e. The van der Waals surface area contributed by atoms with Crippen molar-refractivity contribution >= 4 is 5.91 Å². The van der Waals surface area contributed by atoms with E-state index in [1.54, 1.807) is 0 Å². The second-order valence-electron chi connectivity index (χ2n) is 7.31. The van der Waals surface area contributed by atoms with Crippen LogP contribution in [0, 0.1) is 0 Å². The monoisotopic (exact) mass is 345 g/mol. The Labute approximate surface area is 151 Å². The summed E-state index contributed by atoms with van der Waals surface area (Å²) in [5.41, 5.74) is 1.06. The number of benzene rings is 1. The molecular weight excluding hydrogens is 314 g/mol. The highest BCUT2D eigenvalue weighted by atomic mass is 16.3. The number of nitrogens with zero attached hydrogens (tertiary/aromatic N) is 3. The zero-order chi connectivity index (χ0) is 17.8. The lowest BCUT2D eigenvalue weighted by atomic mass is 10.0. The molecule has 0 bridgehead atoms.